The minimum Gasteiger partial charge on any atom is -0.364 e. The summed E-state index contributed by atoms with van der Waals surface area (Å²) in [4.78, 5) is 18.2. The molecule has 0 radical (unpaired) electrons. The lowest BCUT2D eigenvalue weighted by molar-refractivity contribution is -0.0269. The van der Waals surface area contributed by atoms with E-state index in [0.717, 1.165) is 6.42 Å². The maximum absolute atomic E-state index is 12.4. The Morgan fingerprint density at radius 1 is 1.27 bits per heavy atom. The van der Waals surface area contributed by atoms with E-state index in [-0.39, 0.29) is 11.6 Å². The average molecular weight is 295 g/mol. The van der Waals surface area contributed by atoms with Crippen LogP contribution in [0.2, 0.25) is 0 Å². The minimum absolute atomic E-state index is 0.0992. The molecule has 1 spiro atoms. The lowest BCUT2D eigenvalue weighted by Gasteiger charge is -2.24. The topological polar surface area (TPSA) is 54.5 Å². The highest BCUT2D eigenvalue weighted by molar-refractivity contribution is 5.89. The Morgan fingerprint density at radius 3 is 3.05 bits per heavy atom. The van der Waals surface area contributed by atoms with Crippen LogP contribution in [0.3, 0.4) is 0 Å². The van der Waals surface area contributed by atoms with Crippen LogP contribution in [0.25, 0.3) is 0 Å². The van der Waals surface area contributed by atoms with E-state index in [4.69, 9.17) is 4.74 Å². The third kappa shape index (κ3) is 2.14. The van der Waals surface area contributed by atoms with E-state index in [1.165, 1.54) is 11.1 Å². The molecule has 1 saturated heterocycles. The summed E-state index contributed by atoms with van der Waals surface area (Å²) >= 11 is 0. The number of aromatic nitrogens is 1. The van der Waals surface area contributed by atoms with Crippen LogP contribution in [0.4, 0.5) is 10.5 Å². The summed E-state index contributed by atoms with van der Waals surface area (Å²) in [5.74, 6) is 0. The number of rotatable bonds is 1. The first kappa shape index (κ1) is 13.3. The van der Waals surface area contributed by atoms with E-state index >= 15 is 0 Å². The molecule has 2 aliphatic heterocycles. The van der Waals surface area contributed by atoms with Crippen LogP contribution < -0.4 is 5.32 Å². The molecular formula is C17H17N3O2. The van der Waals surface area contributed by atoms with Gasteiger partial charge in [0.25, 0.3) is 0 Å². The van der Waals surface area contributed by atoms with E-state index in [9.17, 15) is 4.79 Å². The van der Waals surface area contributed by atoms with Gasteiger partial charge in [0.05, 0.1) is 25.0 Å². The number of urea groups is 1. The summed E-state index contributed by atoms with van der Waals surface area (Å²) in [6.45, 7) is 1.92. The molecule has 0 aliphatic carbocycles. The van der Waals surface area contributed by atoms with Crippen molar-refractivity contribution < 1.29 is 9.53 Å². The van der Waals surface area contributed by atoms with Gasteiger partial charge in [0.1, 0.15) is 5.60 Å². The van der Waals surface area contributed by atoms with Crippen LogP contribution >= 0.6 is 0 Å². The third-order valence-corrected chi connectivity index (χ3v) is 4.44. The molecule has 5 heteroatoms. The van der Waals surface area contributed by atoms with E-state index in [1.54, 1.807) is 18.5 Å². The second kappa shape index (κ2) is 5.10. The number of hydrogen-bond donors (Lipinski definition) is 1. The Kier molecular flexibility index (Phi) is 3.08. The van der Waals surface area contributed by atoms with Crippen LogP contribution in [0.5, 0.6) is 0 Å². The van der Waals surface area contributed by atoms with Crippen molar-refractivity contribution in [2.24, 2.45) is 0 Å². The normalized spacial score (nSPS) is 22.8. The molecule has 4 rings (SSSR count). The Balaban J connectivity index is 1.50. The standard InChI is InChI=1S/C17H17N3O2/c21-16(19-14-5-3-8-18-10-14)20-9-7-17(12-20)15-6-2-1-4-13(15)11-22-17/h1-6,8,10H,7,9,11-12H2,(H,19,21)/t17-/m0/s1. The molecular weight excluding hydrogens is 278 g/mol. The molecule has 2 amide bonds. The number of carbonyl (C=O) groups is 1. The zero-order valence-corrected chi connectivity index (χ0v) is 12.2. The number of carbonyl (C=O) groups excluding carboxylic acids is 1. The fourth-order valence-electron chi connectivity index (χ4n) is 3.32. The number of pyridine rings is 1. The van der Waals surface area contributed by atoms with Gasteiger partial charge in [-0.1, -0.05) is 24.3 Å². The van der Waals surface area contributed by atoms with Gasteiger partial charge in [-0.3, -0.25) is 4.98 Å². The van der Waals surface area contributed by atoms with Crippen molar-refractivity contribution in [2.75, 3.05) is 18.4 Å². The fourth-order valence-corrected chi connectivity index (χ4v) is 3.32. The first-order chi connectivity index (χ1) is 10.8. The molecule has 3 heterocycles. The average Bonchev–Trinajstić information content (AvgIpc) is 3.15. The van der Waals surface area contributed by atoms with Gasteiger partial charge < -0.3 is 15.0 Å². The maximum atomic E-state index is 12.4. The predicted octanol–water partition coefficient (Wildman–Crippen LogP) is 2.74. The smallest absolute Gasteiger partial charge is 0.322 e. The largest absolute Gasteiger partial charge is 0.364 e. The Labute approximate surface area is 128 Å². The number of fused-ring (bicyclic) bond motifs is 2. The molecule has 1 N–H and O–H groups in total. The van der Waals surface area contributed by atoms with E-state index in [1.807, 2.05) is 23.1 Å². The van der Waals surface area contributed by atoms with Crippen molar-refractivity contribution in [3.8, 4) is 0 Å². The number of ether oxygens (including phenoxy) is 1. The van der Waals surface area contributed by atoms with Crippen molar-refractivity contribution in [1.82, 2.24) is 9.88 Å². The highest BCUT2D eigenvalue weighted by Gasteiger charge is 2.46. The lowest BCUT2D eigenvalue weighted by atomic mass is 9.92. The summed E-state index contributed by atoms with van der Waals surface area (Å²) in [5.41, 5.74) is 2.84. The number of benzene rings is 1. The highest BCUT2D eigenvalue weighted by Crippen LogP contribution is 2.43. The summed E-state index contributed by atoms with van der Waals surface area (Å²) in [7, 11) is 0. The molecule has 1 atom stereocenters. The van der Waals surface area contributed by atoms with Gasteiger partial charge in [-0.25, -0.2) is 4.79 Å². The molecule has 2 aliphatic rings. The highest BCUT2D eigenvalue weighted by atomic mass is 16.5. The van der Waals surface area contributed by atoms with Crippen molar-refractivity contribution in [3.05, 3.63) is 59.9 Å². The van der Waals surface area contributed by atoms with Crippen LogP contribution in [0.15, 0.2) is 48.8 Å². The summed E-state index contributed by atoms with van der Waals surface area (Å²) in [6.07, 6.45) is 4.17. The van der Waals surface area contributed by atoms with Gasteiger partial charge in [-0.15, -0.1) is 0 Å². The number of anilines is 1. The van der Waals surface area contributed by atoms with E-state index < -0.39 is 0 Å². The molecule has 2 aromatic rings. The number of likely N-dealkylation sites (tertiary alicyclic amines) is 1. The number of nitrogens with one attached hydrogen (secondary N) is 1. The van der Waals surface area contributed by atoms with Crippen molar-refractivity contribution >= 4 is 11.7 Å². The second-order valence-corrected chi connectivity index (χ2v) is 5.78. The maximum Gasteiger partial charge on any atom is 0.322 e. The van der Waals surface area contributed by atoms with E-state index in [0.29, 0.717) is 25.4 Å². The first-order valence-electron chi connectivity index (χ1n) is 7.45. The molecule has 22 heavy (non-hydrogen) atoms. The molecule has 0 saturated carbocycles. The zero-order valence-electron chi connectivity index (χ0n) is 12.2. The Morgan fingerprint density at radius 2 is 2.18 bits per heavy atom. The monoisotopic (exact) mass is 295 g/mol. The number of amides is 2. The number of hydrogen-bond acceptors (Lipinski definition) is 3. The quantitative estimate of drug-likeness (QED) is 0.880. The number of nitrogens with zero attached hydrogens (tertiary/aromatic N) is 2. The van der Waals surface area contributed by atoms with Crippen LogP contribution in [-0.2, 0) is 16.9 Å². The van der Waals surface area contributed by atoms with E-state index in [2.05, 4.69) is 22.4 Å². The summed E-state index contributed by atoms with van der Waals surface area (Å²) in [6, 6.07) is 11.8. The predicted molar refractivity (Wildman–Crippen MR) is 82.4 cm³/mol. The summed E-state index contributed by atoms with van der Waals surface area (Å²) in [5, 5.41) is 2.88. The molecule has 1 aromatic heterocycles. The Hall–Kier alpha value is -2.40. The van der Waals surface area contributed by atoms with Gasteiger partial charge in [0, 0.05) is 19.2 Å². The van der Waals surface area contributed by atoms with Crippen LogP contribution in [0.1, 0.15) is 17.5 Å². The molecule has 5 nitrogen and oxygen atoms in total. The van der Waals surface area contributed by atoms with Crippen LogP contribution in [-0.4, -0.2) is 29.0 Å². The first-order valence-corrected chi connectivity index (χ1v) is 7.45. The Bertz CT molecular complexity index is 704. The molecule has 0 bridgehead atoms. The lowest BCUT2D eigenvalue weighted by Crippen LogP contribution is -2.36. The van der Waals surface area contributed by atoms with Crippen LogP contribution in [0, 0.1) is 0 Å². The van der Waals surface area contributed by atoms with Gasteiger partial charge in [0.2, 0.25) is 0 Å². The van der Waals surface area contributed by atoms with Gasteiger partial charge >= 0.3 is 6.03 Å². The third-order valence-electron chi connectivity index (χ3n) is 4.44. The molecule has 112 valence electrons. The zero-order chi connectivity index (χ0) is 15.0. The SMILES string of the molecule is O=C(Nc1cccnc1)N1CC[C@@]2(C1)OCc1ccccc12. The van der Waals surface area contributed by atoms with Crippen molar-refractivity contribution in [1.29, 1.82) is 0 Å². The summed E-state index contributed by atoms with van der Waals surface area (Å²) < 4.78 is 6.07. The van der Waals surface area contributed by atoms with Gasteiger partial charge in [0.15, 0.2) is 0 Å². The molecule has 1 aromatic carbocycles. The molecule has 1 fully saturated rings. The minimum atomic E-state index is -0.330. The fraction of sp³-hybridized carbons (Fsp3) is 0.294. The van der Waals surface area contributed by atoms with Gasteiger partial charge in [-0.2, -0.15) is 0 Å². The molecule has 0 unspecified atom stereocenters. The van der Waals surface area contributed by atoms with Crippen molar-refractivity contribution in [2.45, 2.75) is 18.6 Å². The second-order valence-electron chi connectivity index (χ2n) is 5.78. The van der Waals surface area contributed by atoms with Gasteiger partial charge in [-0.05, 0) is 23.3 Å². The van der Waals surface area contributed by atoms with Crippen molar-refractivity contribution in [3.63, 3.8) is 0 Å².